The average molecular weight is 329 g/mol. The van der Waals surface area contributed by atoms with E-state index in [1.807, 2.05) is 26.0 Å². The molecule has 5 heteroatoms. The topological polar surface area (TPSA) is 62.9 Å². The highest BCUT2D eigenvalue weighted by atomic mass is 16.5. The molecule has 24 heavy (non-hydrogen) atoms. The summed E-state index contributed by atoms with van der Waals surface area (Å²) >= 11 is 0. The van der Waals surface area contributed by atoms with Gasteiger partial charge >= 0.3 is 5.63 Å². The van der Waals surface area contributed by atoms with Crippen LogP contribution in [-0.2, 0) is 0 Å². The number of hydrogen-bond donors (Lipinski definition) is 1. The molecule has 128 valence electrons. The minimum atomic E-state index is -0.697. The summed E-state index contributed by atoms with van der Waals surface area (Å²) in [6, 6.07) is 6.79. The van der Waals surface area contributed by atoms with Crippen molar-refractivity contribution in [2.24, 2.45) is 0 Å². The summed E-state index contributed by atoms with van der Waals surface area (Å²) in [5.41, 5.74) is 0.259. The summed E-state index contributed by atoms with van der Waals surface area (Å²) in [6.45, 7) is 5.68. The number of piperidine rings is 1. The van der Waals surface area contributed by atoms with Gasteiger partial charge in [0.05, 0.1) is 11.6 Å². The van der Waals surface area contributed by atoms with Gasteiger partial charge in [-0.1, -0.05) is 6.42 Å². The van der Waals surface area contributed by atoms with Crippen molar-refractivity contribution in [2.45, 2.75) is 50.9 Å². The van der Waals surface area contributed by atoms with Crippen molar-refractivity contribution in [3.8, 4) is 5.75 Å². The molecule has 2 aliphatic heterocycles. The largest absolute Gasteiger partial charge is 0.485 e. The molecular formula is C19H23NO4. The molecule has 1 saturated heterocycles. The molecule has 5 nitrogen and oxygen atoms in total. The van der Waals surface area contributed by atoms with Crippen molar-refractivity contribution < 1.29 is 14.3 Å². The molecule has 2 atom stereocenters. The van der Waals surface area contributed by atoms with Crippen molar-refractivity contribution in [2.75, 3.05) is 13.1 Å². The summed E-state index contributed by atoms with van der Waals surface area (Å²) in [6.07, 6.45) is 2.76. The highest BCUT2D eigenvalue weighted by Gasteiger charge is 2.46. The second kappa shape index (κ2) is 5.60. The van der Waals surface area contributed by atoms with E-state index in [0.29, 0.717) is 11.3 Å². The Morgan fingerprint density at radius 1 is 1.12 bits per heavy atom. The first-order valence-corrected chi connectivity index (χ1v) is 8.65. The van der Waals surface area contributed by atoms with Gasteiger partial charge in [-0.3, -0.25) is 4.90 Å². The van der Waals surface area contributed by atoms with Crippen molar-refractivity contribution >= 4 is 11.0 Å². The summed E-state index contributed by atoms with van der Waals surface area (Å²) < 4.78 is 11.6. The highest BCUT2D eigenvalue weighted by molar-refractivity contribution is 5.83. The second-order valence-electron chi connectivity index (χ2n) is 7.34. The highest BCUT2D eigenvalue weighted by Crippen LogP contribution is 2.46. The molecule has 0 spiro atoms. The van der Waals surface area contributed by atoms with Crippen LogP contribution in [0.4, 0.5) is 0 Å². The maximum absolute atomic E-state index is 11.8. The third kappa shape index (κ3) is 2.43. The zero-order valence-corrected chi connectivity index (χ0v) is 14.1. The Morgan fingerprint density at radius 3 is 2.58 bits per heavy atom. The maximum Gasteiger partial charge on any atom is 0.336 e. The van der Waals surface area contributed by atoms with E-state index in [4.69, 9.17) is 9.15 Å². The molecule has 1 N–H and O–H groups in total. The van der Waals surface area contributed by atoms with Crippen LogP contribution in [0.2, 0.25) is 0 Å². The zero-order chi connectivity index (χ0) is 16.9. The number of benzene rings is 1. The van der Waals surface area contributed by atoms with Crippen LogP contribution in [-0.4, -0.2) is 34.8 Å². The van der Waals surface area contributed by atoms with Gasteiger partial charge in [-0.15, -0.1) is 0 Å². The lowest BCUT2D eigenvalue weighted by molar-refractivity contribution is -0.0958. The molecule has 1 fully saturated rings. The monoisotopic (exact) mass is 329 g/mol. The van der Waals surface area contributed by atoms with E-state index in [1.165, 1.54) is 12.5 Å². The Labute approximate surface area is 140 Å². The Balaban J connectivity index is 1.95. The summed E-state index contributed by atoms with van der Waals surface area (Å²) in [7, 11) is 0. The number of nitrogens with zero attached hydrogens (tertiary/aromatic N) is 1. The maximum atomic E-state index is 11.8. The van der Waals surface area contributed by atoms with Crippen molar-refractivity contribution in [1.29, 1.82) is 0 Å². The molecule has 0 saturated carbocycles. The van der Waals surface area contributed by atoms with E-state index >= 15 is 0 Å². The van der Waals surface area contributed by atoms with E-state index < -0.39 is 11.7 Å². The molecular weight excluding hydrogens is 306 g/mol. The number of hydrogen-bond acceptors (Lipinski definition) is 5. The molecule has 1 aromatic carbocycles. The van der Waals surface area contributed by atoms with E-state index in [2.05, 4.69) is 4.90 Å². The van der Waals surface area contributed by atoms with E-state index in [1.54, 1.807) is 6.07 Å². The van der Waals surface area contributed by atoms with Crippen LogP contribution in [0.25, 0.3) is 11.0 Å². The first-order valence-electron chi connectivity index (χ1n) is 8.65. The van der Waals surface area contributed by atoms with Gasteiger partial charge in [0.25, 0.3) is 0 Å². The average Bonchev–Trinajstić information content (AvgIpc) is 2.56. The molecule has 0 amide bonds. The van der Waals surface area contributed by atoms with Gasteiger partial charge in [0.2, 0.25) is 0 Å². The van der Waals surface area contributed by atoms with E-state index in [-0.39, 0.29) is 11.7 Å². The Bertz CT molecular complexity index is 820. The normalized spacial score (nSPS) is 26.8. The number of fused-ring (bicyclic) bond motifs is 3. The number of aliphatic hydroxyl groups excluding tert-OH is 1. The standard InChI is InChI=1S/C19H23NO4/c1-19(2)18(22)16(20-10-4-3-5-11-20)15-13(24-19)8-6-12-7-9-14(21)23-17(12)15/h6-9,16,18,22H,3-5,10-11H2,1-2H3/t16-,18+/m0/s1. The summed E-state index contributed by atoms with van der Waals surface area (Å²) in [5, 5.41) is 11.9. The van der Waals surface area contributed by atoms with Gasteiger partial charge in [-0.2, -0.15) is 0 Å². The molecule has 2 aromatic rings. The van der Waals surface area contributed by atoms with Gasteiger partial charge in [-0.05, 0) is 58.0 Å². The molecule has 0 aliphatic carbocycles. The Morgan fingerprint density at radius 2 is 1.83 bits per heavy atom. The Hall–Kier alpha value is -1.85. The van der Waals surface area contributed by atoms with Gasteiger partial charge in [0.1, 0.15) is 23.0 Å². The third-order valence-electron chi connectivity index (χ3n) is 5.25. The molecule has 0 bridgehead atoms. The number of aliphatic hydroxyl groups is 1. The number of ether oxygens (including phenoxy) is 1. The van der Waals surface area contributed by atoms with Gasteiger partial charge in [0.15, 0.2) is 0 Å². The fourth-order valence-corrected chi connectivity index (χ4v) is 3.97. The molecule has 0 unspecified atom stereocenters. The van der Waals surface area contributed by atoms with Crippen LogP contribution >= 0.6 is 0 Å². The van der Waals surface area contributed by atoms with Gasteiger partial charge < -0.3 is 14.3 Å². The zero-order valence-electron chi connectivity index (χ0n) is 14.1. The van der Waals surface area contributed by atoms with Gasteiger partial charge in [-0.25, -0.2) is 4.79 Å². The smallest absolute Gasteiger partial charge is 0.336 e. The van der Waals surface area contributed by atoms with Crippen LogP contribution in [0.3, 0.4) is 0 Å². The lowest BCUT2D eigenvalue weighted by Crippen LogP contribution is -2.54. The van der Waals surface area contributed by atoms with Crippen LogP contribution < -0.4 is 10.4 Å². The summed E-state index contributed by atoms with van der Waals surface area (Å²) in [4.78, 5) is 14.1. The predicted octanol–water partition coefficient (Wildman–Crippen LogP) is 2.85. The van der Waals surface area contributed by atoms with Crippen molar-refractivity contribution in [3.05, 3.63) is 40.2 Å². The fraction of sp³-hybridized carbons (Fsp3) is 0.526. The van der Waals surface area contributed by atoms with Crippen molar-refractivity contribution in [3.63, 3.8) is 0 Å². The van der Waals surface area contributed by atoms with Crippen LogP contribution in [0.15, 0.2) is 33.5 Å². The van der Waals surface area contributed by atoms with E-state index in [0.717, 1.165) is 36.9 Å². The predicted molar refractivity (Wildman–Crippen MR) is 91.4 cm³/mol. The molecule has 2 aliphatic rings. The Kier molecular flexibility index (Phi) is 3.66. The molecule has 0 radical (unpaired) electrons. The second-order valence-corrected chi connectivity index (χ2v) is 7.34. The molecule has 1 aromatic heterocycles. The minimum absolute atomic E-state index is 0.224. The SMILES string of the molecule is CC1(C)Oc2ccc3ccc(=O)oc3c2[C@H](N2CCCCC2)[C@H]1O. The first-order chi connectivity index (χ1) is 11.5. The quantitative estimate of drug-likeness (QED) is 0.815. The van der Waals surface area contributed by atoms with E-state index in [9.17, 15) is 9.90 Å². The number of rotatable bonds is 1. The first kappa shape index (κ1) is 15.7. The van der Waals surface area contributed by atoms with Crippen molar-refractivity contribution in [1.82, 2.24) is 4.90 Å². The molecule has 4 rings (SSSR count). The molecule has 3 heterocycles. The lowest BCUT2D eigenvalue weighted by atomic mass is 9.84. The van der Waals surface area contributed by atoms with Crippen LogP contribution in [0.5, 0.6) is 5.75 Å². The minimum Gasteiger partial charge on any atom is -0.485 e. The third-order valence-corrected chi connectivity index (χ3v) is 5.25. The van der Waals surface area contributed by atoms with Crippen LogP contribution in [0, 0.1) is 0 Å². The number of likely N-dealkylation sites (tertiary alicyclic amines) is 1. The fourth-order valence-electron chi connectivity index (χ4n) is 3.97. The lowest BCUT2D eigenvalue weighted by Gasteiger charge is -2.47. The van der Waals surface area contributed by atoms with Gasteiger partial charge in [0, 0.05) is 11.5 Å². The summed E-state index contributed by atoms with van der Waals surface area (Å²) in [5.74, 6) is 0.697. The van der Waals surface area contributed by atoms with Crippen LogP contribution in [0.1, 0.15) is 44.7 Å².